The van der Waals surface area contributed by atoms with Gasteiger partial charge >= 0.3 is 0 Å². The van der Waals surface area contributed by atoms with Crippen molar-refractivity contribution >= 4 is 5.78 Å². The van der Waals surface area contributed by atoms with Crippen molar-refractivity contribution in [3.63, 3.8) is 0 Å². The fourth-order valence-corrected chi connectivity index (χ4v) is 5.37. The van der Waals surface area contributed by atoms with Crippen molar-refractivity contribution < 1.29 is 39.8 Å². The molecule has 3 atom stereocenters. The summed E-state index contributed by atoms with van der Waals surface area (Å²) in [6.07, 6.45) is 2.83. The average molecular weight is 575 g/mol. The van der Waals surface area contributed by atoms with Gasteiger partial charge in [-0.25, -0.2) is 0 Å². The molecule has 1 aromatic heterocycles. The number of hydrogen-bond donors (Lipinski definition) is 5. The first-order chi connectivity index (χ1) is 20.2. The molecule has 5 N–H and O–H groups in total. The molecule has 9 heteroatoms. The summed E-state index contributed by atoms with van der Waals surface area (Å²) in [4.78, 5) is 18.3. The zero-order valence-corrected chi connectivity index (χ0v) is 23.6. The molecule has 0 saturated carbocycles. The van der Waals surface area contributed by atoms with E-state index in [-0.39, 0.29) is 35.8 Å². The van der Waals surface area contributed by atoms with Gasteiger partial charge in [0.15, 0.2) is 23.0 Å². The van der Waals surface area contributed by atoms with Crippen molar-refractivity contribution in [3.05, 3.63) is 101 Å². The first-order valence-electron chi connectivity index (χ1n) is 13.6. The van der Waals surface area contributed by atoms with Crippen LogP contribution in [-0.2, 0) is 29.5 Å². The van der Waals surface area contributed by atoms with Gasteiger partial charge in [0, 0.05) is 6.42 Å². The van der Waals surface area contributed by atoms with Crippen LogP contribution >= 0.6 is 0 Å². The number of ether oxygens (including phenoxy) is 2. The summed E-state index contributed by atoms with van der Waals surface area (Å²) in [5.74, 6) is -0.436. The van der Waals surface area contributed by atoms with Gasteiger partial charge < -0.3 is 40.0 Å². The van der Waals surface area contributed by atoms with Gasteiger partial charge in [0.2, 0.25) is 0 Å². The predicted octanol–water partition coefficient (Wildman–Crippen LogP) is 3.67. The number of phenols is 3. The van der Waals surface area contributed by atoms with Crippen LogP contribution in [0.1, 0.15) is 28.7 Å². The Bertz CT molecular complexity index is 1490. The molecule has 4 aromatic rings. The quantitative estimate of drug-likeness (QED) is 0.152. The number of aliphatic hydroxyl groups excluding tert-OH is 2. The lowest BCUT2D eigenvalue weighted by molar-refractivity contribution is -0.129. The second kappa shape index (κ2) is 13.5. The Morgan fingerprint density at radius 3 is 2.10 bits per heavy atom. The van der Waals surface area contributed by atoms with Crippen molar-refractivity contribution in [1.29, 1.82) is 0 Å². The van der Waals surface area contributed by atoms with E-state index in [1.807, 2.05) is 6.07 Å². The fraction of sp³-hybridized carbons (Fsp3) is 0.303. The number of aromatic nitrogens is 1. The van der Waals surface area contributed by atoms with Gasteiger partial charge in [-0.1, -0.05) is 35.9 Å². The van der Waals surface area contributed by atoms with Crippen LogP contribution in [0.2, 0.25) is 0 Å². The minimum atomic E-state index is -1.50. The Morgan fingerprint density at radius 1 is 0.857 bits per heavy atom. The van der Waals surface area contributed by atoms with Crippen LogP contribution in [0.25, 0.3) is 0 Å². The average Bonchev–Trinajstić information content (AvgIpc) is 3.50. The van der Waals surface area contributed by atoms with Gasteiger partial charge in [-0.3, -0.25) is 4.79 Å². The Kier molecular flexibility index (Phi) is 9.77. The highest BCUT2D eigenvalue weighted by molar-refractivity contribution is 5.91. The predicted molar refractivity (Wildman–Crippen MR) is 156 cm³/mol. The topological polar surface area (TPSA) is 151 Å². The Labute approximate surface area is 244 Å². The third kappa shape index (κ3) is 6.87. The second-order valence-corrected chi connectivity index (χ2v) is 10.5. The van der Waals surface area contributed by atoms with Crippen LogP contribution in [0.3, 0.4) is 0 Å². The first kappa shape index (κ1) is 30.5. The molecule has 3 unspecified atom stereocenters. The van der Waals surface area contributed by atoms with Crippen LogP contribution in [-0.4, -0.2) is 58.2 Å². The third-order valence-electron chi connectivity index (χ3n) is 7.75. The largest absolute Gasteiger partial charge is 0.670 e. The van der Waals surface area contributed by atoms with E-state index in [4.69, 9.17) is 9.47 Å². The molecule has 0 radical (unpaired) electrons. The Morgan fingerprint density at radius 2 is 1.50 bits per heavy atom. The molecule has 0 bridgehead atoms. The van der Waals surface area contributed by atoms with Crippen LogP contribution in [0.4, 0.5) is 0 Å². The van der Waals surface area contributed by atoms with Crippen LogP contribution < -0.4 is 14.5 Å². The van der Waals surface area contributed by atoms with Gasteiger partial charge in [0.25, 0.3) is 0 Å². The molecule has 9 nitrogen and oxygen atoms in total. The number of ketones is 1. The highest BCUT2D eigenvalue weighted by Gasteiger charge is 2.41. The lowest BCUT2D eigenvalue weighted by Crippen LogP contribution is -2.44. The number of benzene rings is 3. The number of phenolic OH excluding ortho intramolecular Hbond substituents is 3. The maximum atomic E-state index is 14.2. The van der Waals surface area contributed by atoms with Gasteiger partial charge in [-0.2, -0.15) is 12.4 Å². The molecule has 4 rings (SSSR count). The van der Waals surface area contributed by atoms with Crippen molar-refractivity contribution in [2.45, 2.75) is 37.2 Å². The smallest absolute Gasteiger partial charge is 0.160 e. The SMILES string of the molecule is COc1cc(CC(Cc2cc[n-]c2)C(O)CC(=O)C(CO)(Cc2ccc(O)c(OC)c2)c2cccc(O)c2)ccc1O. The standard InChI is InChI=1S/C33H36NO8/c1-41-30-14-21(6-8-27(30)37)12-24(13-23-10-11-34-19-23)29(39)17-32(40)33(20-35,25-4-3-5-26(36)16-25)18-22-7-9-28(38)31(15-22)42-2/h3-11,14-16,19,24,29,35-39H,12-13,17-18,20H2,1-2H3/q-1. The molecule has 0 saturated heterocycles. The monoisotopic (exact) mass is 574 g/mol. The highest BCUT2D eigenvalue weighted by Crippen LogP contribution is 2.37. The van der Waals surface area contributed by atoms with E-state index in [0.717, 1.165) is 11.1 Å². The van der Waals surface area contributed by atoms with Crippen molar-refractivity contribution in [2.75, 3.05) is 20.8 Å². The number of hydrogen-bond acceptors (Lipinski definition) is 8. The van der Waals surface area contributed by atoms with Crippen molar-refractivity contribution in [2.24, 2.45) is 5.92 Å². The molecule has 0 amide bonds. The lowest BCUT2D eigenvalue weighted by atomic mass is 9.70. The summed E-state index contributed by atoms with van der Waals surface area (Å²) in [6.45, 7) is -0.586. The number of carbonyl (C=O) groups excluding carboxylic acids is 1. The molecule has 222 valence electrons. The molecule has 0 aliphatic rings. The van der Waals surface area contributed by atoms with Crippen molar-refractivity contribution in [3.8, 4) is 28.7 Å². The highest BCUT2D eigenvalue weighted by atomic mass is 16.5. The number of aromatic hydroxyl groups is 3. The van der Waals surface area contributed by atoms with E-state index in [1.54, 1.807) is 48.8 Å². The summed E-state index contributed by atoms with van der Waals surface area (Å²) in [6, 6.07) is 17.7. The minimum absolute atomic E-state index is 0.00142. The molecular weight excluding hydrogens is 538 g/mol. The van der Waals surface area contributed by atoms with E-state index < -0.39 is 29.8 Å². The summed E-state index contributed by atoms with van der Waals surface area (Å²) in [5.41, 5.74) is 1.21. The molecule has 42 heavy (non-hydrogen) atoms. The second-order valence-electron chi connectivity index (χ2n) is 10.5. The van der Waals surface area contributed by atoms with Crippen LogP contribution in [0.5, 0.6) is 28.7 Å². The molecule has 0 fully saturated rings. The number of carbonyl (C=O) groups is 1. The molecule has 0 aliphatic heterocycles. The summed E-state index contributed by atoms with van der Waals surface area (Å²) in [7, 11) is 2.87. The number of nitrogens with zero attached hydrogens (tertiary/aromatic N) is 1. The van der Waals surface area contributed by atoms with Gasteiger partial charge in [-0.15, -0.1) is 0 Å². The summed E-state index contributed by atoms with van der Waals surface area (Å²) < 4.78 is 10.5. The molecule has 0 spiro atoms. The van der Waals surface area contributed by atoms with E-state index in [1.165, 1.54) is 38.5 Å². The Hall–Kier alpha value is -4.47. The first-order valence-corrected chi connectivity index (χ1v) is 13.6. The lowest BCUT2D eigenvalue weighted by Gasteiger charge is -2.33. The molecular formula is C33H36NO8-. The van der Waals surface area contributed by atoms with Crippen LogP contribution in [0, 0.1) is 5.92 Å². The zero-order chi connectivity index (χ0) is 30.3. The van der Waals surface area contributed by atoms with Gasteiger partial charge in [-0.05, 0) is 78.3 Å². The van der Waals surface area contributed by atoms with Gasteiger partial charge in [0.1, 0.15) is 11.5 Å². The van der Waals surface area contributed by atoms with E-state index in [0.29, 0.717) is 29.7 Å². The minimum Gasteiger partial charge on any atom is -0.670 e. The van der Waals surface area contributed by atoms with Crippen molar-refractivity contribution in [1.82, 2.24) is 4.98 Å². The fourth-order valence-electron chi connectivity index (χ4n) is 5.37. The normalized spacial score (nSPS) is 14.1. The summed E-state index contributed by atoms with van der Waals surface area (Å²) >= 11 is 0. The molecule has 0 aliphatic carbocycles. The van der Waals surface area contributed by atoms with Gasteiger partial charge in [0.05, 0.1) is 32.3 Å². The van der Waals surface area contributed by atoms with E-state index >= 15 is 0 Å². The number of aliphatic hydroxyl groups is 2. The summed E-state index contributed by atoms with van der Waals surface area (Å²) in [5, 5.41) is 52.7. The third-order valence-corrected chi connectivity index (χ3v) is 7.75. The van der Waals surface area contributed by atoms with E-state index in [9.17, 15) is 30.3 Å². The zero-order valence-electron chi connectivity index (χ0n) is 23.6. The number of Topliss-reactive ketones (excluding diaryl/α,β-unsaturated/α-hetero) is 1. The maximum Gasteiger partial charge on any atom is 0.160 e. The maximum absolute atomic E-state index is 14.2. The van der Waals surface area contributed by atoms with E-state index in [2.05, 4.69) is 4.98 Å². The number of rotatable bonds is 14. The Balaban J connectivity index is 1.68. The van der Waals surface area contributed by atoms with Crippen LogP contribution in [0.15, 0.2) is 79.1 Å². The molecule has 3 aromatic carbocycles. The molecule has 1 heterocycles. The number of methoxy groups -OCH3 is 2.